The number of carbonyl (C=O) groups excluding carboxylic acids is 1. The van der Waals surface area contributed by atoms with Gasteiger partial charge < -0.3 is 14.7 Å². The highest BCUT2D eigenvalue weighted by atomic mass is 16.6. The molecule has 0 bridgehead atoms. The summed E-state index contributed by atoms with van der Waals surface area (Å²) < 4.78 is 5.12. The van der Waals surface area contributed by atoms with E-state index in [1.54, 1.807) is 19.2 Å². The van der Waals surface area contributed by atoms with Crippen molar-refractivity contribution in [1.29, 1.82) is 0 Å². The fraction of sp³-hybridized carbons (Fsp3) is 0.700. The Labute approximate surface area is 85.2 Å². The monoisotopic (exact) mass is 201 g/mol. The van der Waals surface area contributed by atoms with Crippen LogP contribution in [-0.2, 0) is 4.74 Å². The van der Waals surface area contributed by atoms with Gasteiger partial charge in [-0.25, -0.2) is 4.79 Å². The molecule has 0 atom stereocenters. The maximum Gasteiger partial charge on any atom is 0.410 e. The minimum absolute atomic E-state index is 0.0117. The van der Waals surface area contributed by atoms with E-state index >= 15 is 0 Å². The average molecular weight is 201 g/mol. The molecule has 1 amide bonds. The topological polar surface area (TPSA) is 49.8 Å². The largest absolute Gasteiger partial charge is 0.444 e. The van der Waals surface area contributed by atoms with Gasteiger partial charge in [0.2, 0.25) is 0 Å². The molecule has 4 nitrogen and oxygen atoms in total. The van der Waals surface area contributed by atoms with E-state index in [1.807, 2.05) is 20.8 Å². The van der Waals surface area contributed by atoms with Gasteiger partial charge in [0.25, 0.3) is 0 Å². The molecule has 0 aliphatic carbocycles. The number of likely N-dealkylation sites (N-methyl/N-ethyl adjacent to an activating group) is 1. The summed E-state index contributed by atoms with van der Waals surface area (Å²) in [5.41, 5.74) is -0.466. The Balaban J connectivity index is 3.94. The summed E-state index contributed by atoms with van der Waals surface area (Å²) >= 11 is 0. The first kappa shape index (κ1) is 13.0. The molecule has 1 N–H and O–H groups in total. The van der Waals surface area contributed by atoms with E-state index in [4.69, 9.17) is 9.84 Å². The van der Waals surface area contributed by atoms with E-state index in [0.29, 0.717) is 6.54 Å². The van der Waals surface area contributed by atoms with Gasteiger partial charge in [-0.1, -0.05) is 12.2 Å². The van der Waals surface area contributed by atoms with Crippen LogP contribution in [0.3, 0.4) is 0 Å². The Bertz CT molecular complexity index is 206. The lowest BCUT2D eigenvalue weighted by Gasteiger charge is -2.23. The molecule has 0 radical (unpaired) electrons. The summed E-state index contributed by atoms with van der Waals surface area (Å²) in [6.45, 7) is 5.89. The van der Waals surface area contributed by atoms with E-state index in [0.717, 1.165) is 0 Å². The van der Waals surface area contributed by atoms with Gasteiger partial charge in [0, 0.05) is 13.6 Å². The van der Waals surface area contributed by atoms with E-state index < -0.39 is 5.60 Å². The quantitative estimate of drug-likeness (QED) is 0.702. The van der Waals surface area contributed by atoms with Crippen LogP contribution >= 0.6 is 0 Å². The van der Waals surface area contributed by atoms with Crippen LogP contribution in [0.5, 0.6) is 0 Å². The summed E-state index contributed by atoms with van der Waals surface area (Å²) in [6, 6.07) is 0. The van der Waals surface area contributed by atoms with Gasteiger partial charge in [0.1, 0.15) is 5.60 Å². The van der Waals surface area contributed by atoms with Crippen LogP contribution in [0.2, 0.25) is 0 Å². The third-order valence-corrected chi connectivity index (χ3v) is 1.36. The predicted molar refractivity (Wildman–Crippen MR) is 55.1 cm³/mol. The summed E-state index contributed by atoms with van der Waals surface area (Å²) in [7, 11) is 1.65. The van der Waals surface area contributed by atoms with Crippen molar-refractivity contribution in [2.75, 3.05) is 20.2 Å². The lowest BCUT2D eigenvalue weighted by molar-refractivity contribution is 0.0317. The molecular weight excluding hydrogens is 182 g/mol. The molecule has 0 fully saturated rings. The summed E-state index contributed by atoms with van der Waals surface area (Å²) in [5, 5.41) is 8.48. The van der Waals surface area contributed by atoms with Gasteiger partial charge in [0.15, 0.2) is 0 Å². The second-order valence-electron chi connectivity index (χ2n) is 4.01. The van der Waals surface area contributed by atoms with Crippen molar-refractivity contribution in [3.63, 3.8) is 0 Å². The highest BCUT2D eigenvalue weighted by Crippen LogP contribution is 2.08. The highest BCUT2D eigenvalue weighted by molar-refractivity contribution is 5.67. The molecule has 0 aromatic heterocycles. The number of hydrogen-bond donors (Lipinski definition) is 1. The normalized spacial score (nSPS) is 11.8. The van der Waals surface area contributed by atoms with Crippen molar-refractivity contribution in [3.8, 4) is 0 Å². The molecule has 82 valence electrons. The van der Waals surface area contributed by atoms with Gasteiger partial charge in [0.05, 0.1) is 6.61 Å². The fourth-order valence-corrected chi connectivity index (χ4v) is 0.722. The minimum Gasteiger partial charge on any atom is -0.444 e. The van der Waals surface area contributed by atoms with E-state index in [9.17, 15) is 4.79 Å². The molecule has 0 saturated heterocycles. The van der Waals surface area contributed by atoms with Crippen LogP contribution in [-0.4, -0.2) is 41.9 Å². The minimum atomic E-state index is -0.466. The molecule has 0 aliphatic heterocycles. The third kappa shape index (κ3) is 6.48. The van der Waals surface area contributed by atoms with E-state index in [1.165, 1.54) is 4.90 Å². The molecule has 0 aromatic rings. The Morgan fingerprint density at radius 3 is 2.43 bits per heavy atom. The lowest BCUT2D eigenvalue weighted by Crippen LogP contribution is -2.34. The molecule has 0 spiro atoms. The Morgan fingerprint density at radius 1 is 1.43 bits per heavy atom. The summed E-state index contributed by atoms with van der Waals surface area (Å²) in [6.07, 6.45) is 2.94. The number of aliphatic hydroxyl groups is 1. The van der Waals surface area contributed by atoms with Gasteiger partial charge in [-0.05, 0) is 20.8 Å². The Kier molecular flexibility index (Phi) is 5.23. The molecule has 4 heteroatoms. The van der Waals surface area contributed by atoms with Crippen molar-refractivity contribution in [3.05, 3.63) is 12.2 Å². The van der Waals surface area contributed by atoms with Gasteiger partial charge in [-0.2, -0.15) is 0 Å². The van der Waals surface area contributed by atoms with E-state index in [-0.39, 0.29) is 12.7 Å². The molecule has 0 rings (SSSR count). The van der Waals surface area contributed by atoms with Crippen LogP contribution in [0.4, 0.5) is 4.79 Å². The molecule has 0 saturated carbocycles. The zero-order chi connectivity index (χ0) is 11.2. The first-order chi connectivity index (χ1) is 6.37. The zero-order valence-corrected chi connectivity index (χ0v) is 9.28. The second-order valence-corrected chi connectivity index (χ2v) is 4.01. The smallest absolute Gasteiger partial charge is 0.410 e. The van der Waals surface area contributed by atoms with Crippen LogP contribution in [0.25, 0.3) is 0 Å². The lowest BCUT2D eigenvalue weighted by atomic mass is 10.2. The van der Waals surface area contributed by atoms with Crippen molar-refractivity contribution < 1.29 is 14.6 Å². The van der Waals surface area contributed by atoms with Crippen LogP contribution in [0.1, 0.15) is 20.8 Å². The number of carbonyl (C=O) groups is 1. The SMILES string of the molecule is CN(C/C=C/CO)C(=O)OC(C)(C)C. The van der Waals surface area contributed by atoms with Crippen LogP contribution < -0.4 is 0 Å². The zero-order valence-electron chi connectivity index (χ0n) is 9.28. The number of amides is 1. The Morgan fingerprint density at radius 2 is 2.00 bits per heavy atom. The van der Waals surface area contributed by atoms with Crippen LogP contribution in [0.15, 0.2) is 12.2 Å². The molecule has 0 aliphatic rings. The number of aliphatic hydroxyl groups excluding tert-OH is 1. The number of rotatable bonds is 3. The predicted octanol–water partition coefficient (Wildman–Crippen LogP) is 1.40. The fourth-order valence-electron chi connectivity index (χ4n) is 0.722. The highest BCUT2D eigenvalue weighted by Gasteiger charge is 2.18. The van der Waals surface area contributed by atoms with E-state index in [2.05, 4.69) is 0 Å². The number of nitrogens with zero attached hydrogens (tertiary/aromatic N) is 1. The summed E-state index contributed by atoms with van der Waals surface area (Å²) in [5.74, 6) is 0. The van der Waals surface area contributed by atoms with Crippen molar-refractivity contribution >= 4 is 6.09 Å². The summed E-state index contributed by atoms with van der Waals surface area (Å²) in [4.78, 5) is 12.8. The number of hydrogen-bond acceptors (Lipinski definition) is 3. The molecule has 0 heterocycles. The third-order valence-electron chi connectivity index (χ3n) is 1.36. The van der Waals surface area contributed by atoms with Crippen molar-refractivity contribution in [2.45, 2.75) is 26.4 Å². The second kappa shape index (κ2) is 5.65. The molecule has 0 aromatic carbocycles. The average Bonchev–Trinajstić information content (AvgIpc) is 2.01. The maximum absolute atomic E-state index is 11.4. The number of ether oxygens (including phenoxy) is 1. The first-order valence-electron chi connectivity index (χ1n) is 4.57. The Hall–Kier alpha value is -1.03. The molecule has 14 heavy (non-hydrogen) atoms. The van der Waals surface area contributed by atoms with Crippen LogP contribution in [0, 0.1) is 0 Å². The maximum atomic E-state index is 11.4. The van der Waals surface area contributed by atoms with Gasteiger partial charge in [-0.3, -0.25) is 0 Å². The molecule has 0 unspecified atom stereocenters. The van der Waals surface area contributed by atoms with Crippen molar-refractivity contribution in [2.24, 2.45) is 0 Å². The standard InChI is InChI=1S/C10H19NO3/c1-10(2,3)14-9(13)11(4)7-5-6-8-12/h5-6,12H,7-8H2,1-4H3/b6-5+. The van der Waals surface area contributed by atoms with Gasteiger partial charge >= 0.3 is 6.09 Å². The molecular formula is C10H19NO3. The van der Waals surface area contributed by atoms with Gasteiger partial charge in [-0.15, -0.1) is 0 Å². The first-order valence-corrected chi connectivity index (χ1v) is 4.57. The van der Waals surface area contributed by atoms with Crippen molar-refractivity contribution in [1.82, 2.24) is 4.90 Å².